The minimum absolute atomic E-state index is 0.00652. The van der Waals surface area contributed by atoms with Crippen LogP contribution in [0.4, 0.5) is 5.69 Å². The van der Waals surface area contributed by atoms with Gasteiger partial charge in [0.05, 0.1) is 5.69 Å². The fraction of sp³-hybridized carbons (Fsp3) is 0.267. The number of nitrogens with two attached hydrogens (primary N) is 1. The molecule has 0 aliphatic heterocycles. The number of halogens is 1. The smallest absolute Gasteiger partial charge is 0.269 e. The van der Waals surface area contributed by atoms with Crippen molar-refractivity contribution in [2.75, 3.05) is 5.32 Å². The summed E-state index contributed by atoms with van der Waals surface area (Å²) in [7, 11) is 0. The third-order valence-corrected chi connectivity index (χ3v) is 4.05. The molecule has 2 heterocycles. The van der Waals surface area contributed by atoms with Gasteiger partial charge >= 0.3 is 0 Å². The zero-order valence-electron chi connectivity index (χ0n) is 12.3. The highest BCUT2D eigenvalue weighted by molar-refractivity contribution is 9.10. The number of primary amides is 1. The van der Waals surface area contributed by atoms with Crippen LogP contribution in [-0.4, -0.2) is 26.8 Å². The zero-order chi connectivity index (χ0) is 16.6. The van der Waals surface area contributed by atoms with Gasteiger partial charge < -0.3 is 11.1 Å². The molecule has 0 unspecified atom stereocenters. The van der Waals surface area contributed by atoms with Gasteiger partial charge in [-0.05, 0) is 41.4 Å². The number of rotatable bonds is 4. The number of aromatic nitrogens is 3. The van der Waals surface area contributed by atoms with Gasteiger partial charge in [-0.25, -0.2) is 15.0 Å². The van der Waals surface area contributed by atoms with Gasteiger partial charge in [-0.15, -0.1) is 0 Å². The molecule has 8 heteroatoms. The summed E-state index contributed by atoms with van der Waals surface area (Å²) < 4.78 is 0.646. The molecular formula is C15H14BrN5O2. The Labute approximate surface area is 140 Å². The van der Waals surface area contributed by atoms with Crippen LogP contribution in [0.1, 0.15) is 34.3 Å². The van der Waals surface area contributed by atoms with Crippen molar-refractivity contribution in [3.63, 3.8) is 0 Å². The second kappa shape index (κ2) is 6.04. The van der Waals surface area contributed by atoms with Crippen molar-refractivity contribution in [2.45, 2.75) is 19.3 Å². The summed E-state index contributed by atoms with van der Waals surface area (Å²) in [4.78, 5) is 36.3. The first-order valence-electron chi connectivity index (χ1n) is 7.01. The summed E-state index contributed by atoms with van der Waals surface area (Å²) in [5.41, 5.74) is 6.48. The third kappa shape index (κ3) is 3.37. The SMILES string of the molecule is Cc1ccnc([C@H]2C[C@@H]2C(=O)Nc2cc(Br)cnc2C(N)=O)n1. The fourth-order valence-corrected chi connectivity index (χ4v) is 2.70. The first-order valence-corrected chi connectivity index (χ1v) is 7.80. The van der Waals surface area contributed by atoms with E-state index in [4.69, 9.17) is 5.73 Å². The minimum Gasteiger partial charge on any atom is -0.364 e. The van der Waals surface area contributed by atoms with Gasteiger partial charge in [-0.2, -0.15) is 0 Å². The minimum atomic E-state index is -0.692. The summed E-state index contributed by atoms with van der Waals surface area (Å²) in [6.45, 7) is 1.88. The molecule has 1 aliphatic carbocycles. The first-order chi connectivity index (χ1) is 11.0. The first kappa shape index (κ1) is 15.5. The molecular weight excluding hydrogens is 362 g/mol. The second-order valence-electron chi connectivity index (χ2n) is 5.41. The number of nitrogens with zero attached hydrogens (tertiary/aromatic N) is 3. The number of pyridine rings is 1. The molecule has 3 N–H and O–H groups in total. The molecule has 0 spiro atoms. The van der Waals surface area contributed by atoms with Gasteiger partial charge in [-0.3, -0.25) is 9.59 Å². The molecule has 3 rings (SSSR count). The van der Waals surface area contributed by atoms with E-state index in [1.54, 1.807) is 12.3 Å². The molecule has 0 radical (unpaired) electrons. The fourth-order valence-electron chi connectivity index (χ4n) is 2.37. The van der Waals surface area contributed by atoms with Crippen LogP contribution in [0.5, 0.6) is 0 Å². The van der Waals surface area contributed by atoms with E-state index in [2.05, 4.69) is 36.2 Å². The van der Waals surface area contributed by atoms with Crippen LogP contribution in [0, 0.1) is 12.8 Å². The lowest BCUT2D eigenvalue weighted by Gasteiger charge is -2.08. The predicted octanol–water partition coefficient (Wildman–Crippen LogP) is 1.78. The lowest BCUT2D eigenvalue weighted by atomic mass is 10.2. The van der Waals surface area contributed by atoms with Crippen molar-refractivity contribution in [3.05, 3.63) is 46.2 Å². The lowest BCUT2D eigenvalue weighted by molar-refractivity contribution is -0.117. The molecule has 2 aromatic rings. The van der Waals surface area contributed by atoms with Crippen LogP contribution < -0.4 is 11.1 Å². The van der Waals surface area contributed by atoms with E-state index in [0.29, 0.717) is 22.4 Å². The normalized spacial score (nSPS) is 19.2. The molecule has 118 valence electrons. The standard InChI is InChI=1S/C15H14BrN5O2/c1-7-2-3-18-14(20-7)9-5-10(9)15(23)21-11-4-8(16)6-19-12(11)13(17)22/h2-4,6,9-10H,5H2,1H3,(H2,17,22)(H,21,23)/t9-,10-/m0/s1. The molecule has 0 aromatic carbocycles. The molecule has 23 heavy (non-hydrogen) atoms. The van der Waals surface area contributed by atoms with Gasteiger partial charge in [0.2, 0.25) is 5.91 Å². The average molecular weight is 376 g/mol. The van der Waals surface area contributed by atoms with Gasteiger partial charge in [0.25, 0.3) is 5.91 Å². The van der Waals surface area contributed by atoms with E-state index in [-0.39, 0.29) is 23.4 Å². The van der Waals surface area contributed by atoms with Crippen LogP contribution in [-0.2, 0) is 4.79 Å². The van der Waals surface area contributed by atoms with Crippen molar-refractivity contribution in [1.29, 1.82) is 0 Å². The van der Waals surface area contributed by atoms with Crippen LogP contribution in [0.3, 0.4) is 0 Å². The largest absolute Gasteiger partial charge is 0.364 e. The molecule has 2 amide bonds. The Morgan fingerprint density at radius 1 is 1.39 bits per heavy atom. The number of anilines is 1. The highest BCUT2D eigenvalue weighted by Gasteiger charge is 2.46. The number of aryl methyl sites for hydroxylation is 1. The number of carbonyl (C=O) groups excluding carboxylic acids is 2. The van der Waals surface area contributed by atoms with Crippen molar-refractivity contribution in [2.24, 2.45) is 11.7 Å². The summed E-state index contributed by atoms with van der Waals surface area (Å²) in [6.07, 6.45) is 3.83. The highest BCUT2D eigenvalue weighted by atomic mass is 79.9. The number of nitrogens with one attached hydrogen (secondary N) is 1. The lowest BCUT2D eigenvalue weighted by Crippen LogP contribution is -2.21. The summed E-state index contributed by atoms with van der Waals surface area (Å²) in [6, 6.07) is 3.42. The van der Waals surface area contributed by atoms with Gasteiger partial charge in [0.15, 0.2) is 5.69 Å². The molecule has 0 saturated heterocycles. The Bertz CT molecular complexity index is 795. The Kier molecular flexibility index (Phi) is 4.08. The molecule has 0 bridgehead atoms. The third-order valence-electron chi connectivity index (χ3n) is 3.62. The van der Waals surface area contributed by atoms with E-state index in [1.807, 2.05) is 13.0 Å². The van der Waals surface area contributed by atoms with Crippen LogP contribution in [0.25, 0.3) is 0 Å². The number of amides is 2. The summed E-state index contributed by atoms with van der Waals surface area (Å²) in [5.74, 6) is -0.416. The van der Waals surface area contributed by atoms with Crippen molar-refractivity contribution in [3.8, 4) is 0 Å². The monoisotopic (exact) mass is 375 g/mol. The predicted molar refractivity (Wildman–Crippen MR) is 86.7 cm³/mol. The van der Waals surface area contributed by atoms with E-state index >= 15 is 0 Å². The molecule has 7 nitrogen and oxygen atoms in total. The van der Waals surface area contributed by atoms with E-state index < -0.39 is 5.91 Å². The number of hydrogen-bond donors (Lipinski definition) is 2. The maximum Gasteiger partial charge on any atom is 0.269 e. The summed E-state index contributed by atoms with van der Waals surface area (Å²) >= 11 is 3.26. The maximum absolute atomic E-state index is 12.4. The van der Waals surface area contributed by atoms with Crippen molar-refractivity contribution in [1.82, 2.24) is 15.0 Å². The van der Waals surface area contributed by atoms with Crippen LogP contribution >= 0.6 is 15.9 Å². The summed E-state index contributed by atoms with van der Waals surface area (Å²) in [5, 5.41) is 2.72. The Balaban J connectivity index is 1.74. The molecule has 1 fully saturated rings. The van der Waals surface area contributed by atoms with Crippen LogP contribution in [0.15, 0.2) is 29.0 Å². The average Bonchev–Trinajstić information content (AvgIpc) is 3.27. The Hall–Kier alpha value is -2.35. The number of carbonyl (C=O) groups is 2. The zero-order valence-corrected chi connectivity index (χ0v) is 13.9. The van der Waals surface area contributed by atoms with E-state index in [9.17, 15) is 9.59 Å². The number of hydrogen-bond acceptors (Lipinski definition) is 5. The molecule has 1 aliphatic rings. The molecule has 1 saturated carbocycles. The Morgan fingerprint density at radius 3 is 2.87 bits per heavy atom. The molecule has 2 aromatic heterocycles. The van der Waals surface area contributed by atoms with Crippen molar-refractivity contribution < 1.29 is 9.59 Å². The highest BCUT2D eigenvalue weighted by Crippen LogP contribution is 2.46. The van der Waals surface area contributed by atoms with Gasteiger partial charge in [-0.1, -0.05) is 0 Å². The van der Waals surface area contributed by atoms with Crippen molar-refractivity contribution >= 4 is 33.4 Å². The molecule has 2 atom stereocenters. The quantitative estimate of drug-likeness (QED) is 0.845. The van der Waals surface area contributed by atoms with E-state index in [1.165, 1.54) is 6.20 Å². The second-order valence-corrected chi connectivity index (χ2v) is 6.32. The van der Waals surface area contributed by atoms with Gasteiger partial charge in [0.1, 0.15) is 5.82 Å². The van der Waals surface area contributed by atoms with Gasteiger partial charge in [0, 0.05) is 34.4 Å². The topological polar surface area (TPSA) is 111 Å². The Morgan fingerprint density at radius 2 is 2.17 bits per heavy atom. The van der Waals surface area contributed by atoms with E-state index in [0.717, 1.165) is 5.69 Å². The van der Waals surface area contributed by atoms with Crippen LogP contribution in [0.2, 0.25) is 0 Å². The maximum atomic E-state index is 12.4.